The van der Waals surface area contributed by atoms with Crippen molar-refractivity contribution < 1.29 is 5.11 Å². The van der Waals surface area contributed by atoms with Gasteiger partial charge in [0.25, 0.3) is 0 Å². The van der Waals surface area contributed by atoms with Gasteiger partial charge in [0.05, 0.1) is 5.60 Å². The van der Waals surface area contributed by atoms with Gasteiger partial charge in [-0.3, -0.25) is 0 Å². The normalized spacial score (nSPS) is 14.8. The predicted molar refractivity (Wildman–Crippen MR) is 89.4 cm³/mol. The molecular weight excluding hydrogens is 266 g/mol. The van der Waals surface area contributed by atoms with Gasteiger partial charge in [0.2, 0.25) is 0 Å². The van der Waals surface area contributed by atoms with Crippen molar-refractivity contribution in [3.8, 4) is 0 Å². The second-order valence-corrected chi connectivity index (χ2v) is 7.49. The fraction of sp³-hybridized carbons (Fsp3) is 0.647. The van der Waals surface area contributed by atoms with Crippen molar-refractivity contribution in [3.05, 3.63) is 29.8 Å². The first-order chi connectivity index (χ1) is 9.33. The van der Waals surface area contributed by atoms with E-state index in [1.165, 1.54) is 11.3 Å². The molecule has 1 rings (SSSR count). The Hall–Kier alpha value is -0.510. The van der Waals surface area contributed by atoms with Crippen molar-refractivity contribution in [2.45, 2.75) is 44.1 Å². The smallest absolute Gasteiger partial charge is 0.0891 e. The van der Waals surface area contributed by atoms with E-state index in [-0.39, 0.29) is 0 Å². The molecule has 0 aliphatic rings. The summed E-state index contributed by atoms with van der Waals surface area (Å²) in [5.74, 6) is 1.84. The van der Waals surface area contributed by atoms with E-state index in [0.717, 1.165) is 30.2 Å². The average molecular weight is 295 g/mol. The number of hydrogen-bond donors (Lipinski definition) is 1. The van der Waals surface area contributed by atoms with Crippen molar-refractivity contribution in [1.82, 2.24) is 4.90 Å². The zero-order valence-electron chi connectivity index (χ0n) is 13.5. The van der Waals surface area contributed by atoms with Gasteiger partial charge in [0.15, 0.2) is 0 Å². The molecule has 3 heteroatoms. The van der Waals surface area contributed by atoms with Crippen LogP contribution in [0.15, 0.2) is 29.2 Å². The van der Waals surface area contributed by atoms with Crippen molar-refractivity contribution in [2.75, 3.05) is 26.4 Å². The number of hydrogen-bond acceptors (Lipinski definition) is 3. The Labute approximate surface area is 128 Å². The Kier molecular flexibility index (Phi) is 7.07. The lowest BCUT2D eigenvalue weighted by Crippen LogP contribution is -2.28. The molecule has 0 spiro atoms. The fourth-order valence-electron chi connectivity index (χ4n) is 2.02. The van der Waals surface area contributed by atoms with Gasteiger partial charge in [0, 0.05) is 11.4 Å². The molecule has 1 atom stereocenters. The standard InChI is InChI=1S/C17H29NOS/c1-14(2)10-13-20-16-9-7-6-8-15(16)17(3,19)11-12-18(4)5/h6-9,14,19H,10-13H2,1-5H3. The molecule has 1 aromatic carbocycles. The lowest BCUT2D eigenvalue weighted by molar-refractivity contribution is 0.0380. The van der Waals surface area contributed by atoms with Gasteiger partial charge in [-0.2, -0.15) is 0 Å². The summed E-state index contributed by atoms with van der Waals surface area (Å²) in [6.45, 7) is 7.32. The highest BCUT2D eigenvalue weighted by molar-refractivity contribution is 7.99. The van der Waals surface area contributed by atoms with Crippen molar-refractivity contribution >= 4 is 11.8 Å². The summed E-state index contributed by atoms with van der Waals surface area (Å²) in [5, 5.41) is 10.8. The van der Waals surface area contributed by atoms with Gasteiger partial charge in [-0.05, 0) is 57.2 Å². The van der Waals surface area contributed by atoms with Crippen LogP contribution in [-0.4, -0.2) is 36.4 Å². The zero-order valence-corrected chi connectivity index (χ0v) is 14.3. The maximum absolute atomic E-state index is 10.8. The summed E-state index contributed by atoms with van der Waals surface area (Å²) in [7, 11) is 4.08. The van der Waals surface area contributed by atoms with Crippen LogP contribution in [0.25, 0.3) is 0 Å². The van der Waals surface area contributed by atoms with Crippen molar-refractivity contribution in [3.63, 3.8) is 0 Å². The van der Waals surface area contributed by atoms with E-state index >= 15 is 0 Å². The minimum absolute atomic E-state index is 0.726. The molecule has 0 saturated heterocycles. The van der Waals surface area contributed by atoms with Crippen LogP contribution in [0.1, 0.15) is 39.2 Å². The van der Waals surface area contributed by atoms with E-state index in [1.807, 2.05) is 38.8 Å². The van der Waals surface area contributed by atoms with Gasteiger partial charge >= 0.3 is 0 Å². The number of nitrogens with zero attached hydrogens (tertiary/aromatic N) is 1. The van der Waals surface area contributed by atoms with Crippen LogP contribution in [0, 0.1) is 5.92 Å². The Bertz CT molecular complexity index is 402. The van der Waals surface area contributed by atoms with E-state index in [4.69, 9.17) is 0 Å². The van der Waals surface area contributed by atoms with Crippen LogP contribution >= 0.6 is 11.8 Å². The first kappa shape index (κ1) is 17.5. The highest BCUT2D eigenvalue weighted by Gasteiger charge is 2.25. The van der Waals surface area contributed by atoms with E-state index < -0.39 is 5.60 Å². The summed E-state index contributed by atoms with van der Waals surface area (Å²) in [4.78, 5) is 3.33. The van der Waals surface area contributed by atoms with Gasteiger partial charge in [-0.1, -0.05) is 32.0 Å². The molecule has 0 saturated carbocycles. The highest BCUT2D eigenvalue weighted by atomic mass is 32.2. The highest BCUT2D eigenvalue weighted by Crippen LogP contribution is 2.34. The minimum Gasteiger partial charge on any atom is -0.385 e. The molecule has 0 fully saturated rings. The average Bonchev–Trinajstić information content (AvgIpc) is 2.36. The third kappa shape index (κ3) is 5.86. The molecule has 0 aliphatic heterocycles. The first-order valence-corrected chi connectivity index (χ1v) is 8.41. The van der Waals surface area contributed by atoms with Crippen LogP contribution in [0.4, 0.5) is 0 Å². The summed E-state index contributed by atoms with van der Waals surface area (Å²) >= 11 is 1.86. The van der Waals surface area contributed by atoms with E-state index in [0.29, 0.717) is 0 Å². The molecule has 1 unspecified atom stereocenters. The Morgan fingerprint density at radius 1 is 1.25 bits per heavy atom. The Morgan fingerprint density at radius 3 is 2.50 bits per heavy atom. The molecule has 0 bridgehead atoms. The topological polar surface area (TPSA) is 23.5 Å². The van der Waals surface area contributed by atoms with Crippen LogP contribution in [-0.2, 0) is 5.60 Å². The lowest BCUT2D eigenvalue weighted by Gasteiger charge is -2.27. The van der Waals surface area contributed by atoms with Crippen LogP contribution < -0.4 is 0 Å². The summed E-state index contributed by atoms with van der Waals surface area (Å²) in [6, 6.07) is 8.27. The van der Waals surface area contributed by atoms with Gasteiger partial charge in [0.1, 0.15) is 0 Å². The van der Waals surface area contributed by atoms with Crippen molar-refractivity contribution in [2.24, 2.45) is 5.92 Å². The van der Waals surface area contributed by atoms with E-state index in [1.54, 1.807) is 0 Å². The molecule has 20 heavy (non-hydrogen) atoms. The summed E-state index contributed by atoms with van der Waals surface area (Å²) in [6.07, 6.45) is 1.96. The Balaban J connectivity index is 2.77. The minimum atomic E-state index is -0.758. The maximum Gasteiger partial charge on any atom is 0.0891 e. The number of benzene rings is 1. The number of thioether (sulfide) groups is 1. The lowest BCUT2D eigenvalue weighted by atomic mass is 9.92. The first-order valence-electron chi connectivity index (χ1n) is 7.42. The van der Waals surface area contributed by atoms with E-state index in [2.05, 4.69) is 36.9 Å². The van der Waals surface area contributed by atoms with Gasteiger partial charge in [-0.25, -0.2) is 0 Å². The second kappa shape index (κ2) is 8.06. The Morgan fingerprint density at radius 2 is 1.90 bits per heavy atom. The fourth-order valence-corrected chi connectivity index (χ4v) is 3.45. The van der Waals surface area contributed by atoms with Crippen LogP contribution in [0.5, 0.6) is 0 Å². The quantitative estimate of drug-likeness (QED) is 0.734. The molecule has 0 radical (unpaired) electrons. The SMILES string of the molecule is CC(C)CCSc1ccccc1C(C)(O)CCN(C)C. The summed E-state index contributed by atoms with van der Waals surface area (Å²) in [5.41, 5.74) is 0.307. The third-order valence-corrected chi connectivity index (χ3v) is 4.57. The molecule has 1 aromatic rings. The van der Waals surface area contributed by atoms with Gasteiger partial charge < -0.3 is 10.0 Å². The molecular formula is C17H29NOS. The maximum atomic E-state index is 10.8. The predicted octanol–water partition coefficient (Wildman–Crippen LogP) is 3.98. The van der Waals surface area contributed by atoms with E-state index in [9.17, 15) is 5.11 Å². The molecule has 0 aliphatic carbocycles. The van der Waals surface area contributed by atoms with Crippen LogP contribution in [0.3, 0.4) is 0 Å². The third-order valence-electron chi connectivity index (χ3n) is 3.47. The largest absolute Gasteiger partial charge is 0.385 e. The molecule has 114 valence electrons. The van der Waals surface area contributed by atoms with Crippen LogP contribution in [0.2, 0.25) is 0 Å². The number of aliphatic hydroxyl groups is 1. The second-order valence-electron chi connectivity index (χ2n) is 6.35. The summed E-state index contributed by atoms with van der Waals surface area (Å²) < 4.78 is 0. The monoisotopic (exact) mass is 295 g/mol. The number of rotatable bonds is 8. The molecule has 0 heterocycles. The molecule has 2 nitrogen and oxygen atoms in total. The van der Waals surface area contributed by atoms with Crippen molar-refractivity contribution in [1.29, 1.82) is 0 Å². The molecule has 0 aromatic heterocycles. The molecule has 1 N–H and O–H groups in total. The zero-order chi connectivity index (χ0) is 15.2. The molecule has 0 amide bonds. The van der Waals surface area contributed by atoms with Gasteiger partial charge in [-0.15, -0.1) is 11.8 Å².